The van der Waals surface area contributed by atoms with Crippen molar-refractivity contribution in [3.63, 3.8) is 0 Å². The predicted octanol–water partition coefficient (Wildman–Crippen LogP) is -4.53. The van der Waals surface area contributed by atoms with Crippen LogP contribution >= 0.6 is 0 Å². The van der Waals surface area contributed by atoms with E-state index in [1.807, 2.05) is 0 Å². The molecule has 0 amide bonds. The maximum Gasteiger partial charge on any atom is 0.187 e. The Morgan fingerprint density at radius 1 is 1.14 bits per heavy atom. The van der Waals surface area contributed by atoms with Crippen molar-refractivity contribution < 1.29 is 50.0 Å². The van der Waals surface area contributed by atoms with Crippen LogP contribution in [0.1, 0.15) is 6.92 Å². The number of hydrogen-bond donors (Lipinski definition) is 7. The molecule has 0 aromatic heterocycles. The summed E-state index contributed by atoms with van der Waals surface area (Å²) < 4.78 is 10.1. The highest BCUT2D eigenvalue weighted by molar-refractivity contribution is 5.56. The topological polar surface area (TPSA) is 177 Å². The van der Waals surface area contributed by atoms with E-state index >= 15 is 0 Å². The SMILES string of the molecule is C[C@H](O)[C@H](O)[C@@H](OC1O[C@H](CO)[C@H](O)[C@H](O)[C@H]1O)[C@@H](O)C=O. The van der Waals surface area contributed by atoms with Gasteiger partial charge in [0.2, 0.25) is 0 Å². The van der Waals surface area contributed by atoms with Gasteiger partial charge in [-0.25, -0.2) is 0 Å². The maximum atomic E-state index is 10.7. The molecule has 1 fully saturated rings. The largest absolute Gasteiger partial charge is 0.394 e. The third-order valence-corrected chi connectivity index (χ3v) is 3.45. The fourth-order valence-electron chi connectivity index (χ4n) is 2.05. The Kier molecular flexibility index (Phi) is 7.25. The molecule has 10 heteroatoms. The van der Waals surface area contributed by atoms with Gasteiger partial charge in [0.15, 0.2) is 12.6 Å². The van der Waals surface area contributed by atoms with Gasteiger partial charge in [0.1, 0.15) is 42.7 Å². The number of aldehydes is 1. The van der Waals surface area contributed by atoms with Gasteiger partial charge in [0, 0.05) is 0 Å². The van der Waals surface area contributed by atoms with E-state index in [0.717, 1.165) is 0 Å². The number of aliphatic hydroxyl groups excluding tert-OH is 7. The summed E-state index contributed by atoms with van der Waals surface area (Å²) in [7, 11) is 0. The van der Waals surface area contributed by atoms with E-state index in [-0.39, 0.29) is 6.29 Å². The minimum absolute atomic E-state index is 0.0558. The van der Waals surface area contributed by atoms with E-state index in [2.05, 4.69) is 0 Å². The highest BCUT2D eigenvalue weighted by atomic mass is 16.7. The molecule has 22 heavy (non-hydrogen) atoms. The minimum Gasteiger partial charge on any atom is -0.394 e. The Hall–Kier alpha value is -0.690. The molecule has 10 nitrogen and oxygen atoms in total. The van der Waals surface area contributed by atoms with Gasteiger partial charge >= 0.3 is 0 Å². The average Bonchev–Trinajstić information content (AvgIpc) is 2.50. The van der Waals surface area contributed by atoms with Gasteiger partial charge in [-0.15, -0.1) is 0 Å². The van der Waals surface area contributed by atoms with Crippen LogP contribution in [0.3, 0.4) is 0 Å². The number of rotatable bonds is 7. The molecule has 0 aliphatic carbocycles. The van der Waals surface area contributed by atoms with Crippen molar-refractivity contribution in [3.05, 3.63) is 0 Å². The van der Waals surface area contributed by atoms with Crippen molar-refractivity contribution in [2.75, 3.05) is 6.61 Å². The lowest BCUT2D eigenvalue weighted by Crippen LogP contribution is -2.61. The fraction of sp³-hybridized carbons (Fsp3) is 0.917. The van der Waals surface area contributed by atoms with Crippen LogP contribution < -0.4 is 0 Å². The first kappa shape index (κ1) is 19.4. The number of carbonyl (C=O) groups excluding carboxylic acids is 1. The zero-order valence-corrected chi connectivity index (χ0v) is 11.8. The van der Waals surface area contributed by atoms with E-state index < -0.39 is 61.7 Å². The fourth-order valence-corrected chi connectivity index (χ4v) is 2.05. The number of aliphatic hydroxyl groups is 7. The summed E-state index contributed by atoms with van der Waals surface area (Å²) in [5.74, 6) is 0. The maximum absolute atomic E-state index is 10.7. The van der Waals surface area contributed by atoms with Crippen molar-refractivity contribution in [2.24, 2.45) is 0 Å². The molecule has 0 bridgehead atoms. The molecule has 1 aliphatic heterocycles. The monoisotopic (exact) mass is 326 g/mol. The van der Waals surface area contributed by atoms with Crippen molar-refractivity contribution in [3.8, 4) is 0 Å². The molecule has 9 atom stereocenters. The summed E-state index contributed by atoms with van der Waals surface area (Å²) in [6.07, 6.45) is -14.5. The average molecular weight is 326 g/mol. The van der Waals surface area contributed by atoms with Crippen LogP contribution in [0, 0.1) is 0 Å². The second kappa shape index (κ2) is 8.24. The molecule has 0 aromatic rings. The molecule has 1 unspecified atom stereocenters. The normalized spacial score (nSPS) is 38.1. The molecule has 130 valence electrons. The molecule has 1 aliphatic rings. The molecule has 0 spiro atoms. The minimum atomic E-state index is -1.84. The van der Waals surface area contributed by atoms with E-state index in [4.69, 9.17) is 14.6 Å². The van der Waals surface area contributed by atoms with Gasteiger partial charge in [0.25, 0.3) is 0 Å². The van der Waals surface area contributed by atoms with Crippen molar-refractivity contribution in [1.29, 1.82) is 0 Å². The Morgan fingerprint density at radius 3 is 2.18 bits per heavy atom. The second-order valence-electron chi connectivity index (χ2n) is 5.16. The van der Waals surface area contributed by atoms with Crippen LogP contribution in [-0.2, 0) is 14.3 Å². The summed E-state index contributed by atoms with van der Waals surface area (Å²) in [5, 5.41) is 66.7. The van der Waals surface area contributed by atoms with Gasteiger partial charge in [-0.1, -0.05) is 0 Å². The van der Waals surface area contributed by atoms with Gasteiger partial charge in [-0.3, -0.25) is 0 Å². The molecule has 7 N–H and O–H groups in total. The van der Waals surface area contributed by atoms with Crippen molar-refractivity contribution in [2.45, 2.75) is 62.0 Å². The summed E-state index contributed by atoms with van der Waals surface area (Å²) >= 11 is 0. The summed E-state index contributed by atoms with van der Waals surface area (Å²) in [5.41, 5.74) is 0. The molecular weight excluding hydrogens is 304 g/mol. The van der Waals surface area contributed by atoms with Crippen LogP contribution in [0.25, 0.3) is 0 Å². The number of ether oxygens (including phenoxy) is 2. The lowest BCUT2D eigenvalue weighted by molar-refractivity contribution is -0.324. The molecule has 1 saturated heterocycles. The summed E-state index contributed by atoms with van der Waals surface area (Å²) in [6.45, 7) is 0.497. The van der Waals surface area contributed by atoms with Gasteiger partial charge in [-0.05, 0) is 6.92 Å². The summed E-state index contributed by atoms with van der Waals surface area (Å²) in [4.78, 5) is 10.7. The Bertz CT molecular complexity index is 349. The van der Waals surface area contributed by atoms with E-state index in [9.17, 15) is 35.4 Å². The number of carbonyl (C=O) groups is 1. The zero-order valence-electron chi connectivity index (χ0n) is 11.8. The molecule has 0 aromatic carbocycles. The first-order valence-corrected chi connectivity index (χ1v) is 6.70. The highest BCUT2D eigenvalue weighted by Crippen LogP contribution is 2.24. The molecule has 1 rings (SSSR count). The zero-order chi connectivity index (χ0) is 17.0. The Labute approximate surface area is 126 Å². The van der Waals surface area contributed by atoms with E-state index in [1.165, 1.54) is 6.92 Å². The van der Waals surface area contributed by atoms with E-state index in [1.54, 1.807) is 0 Å². The highest BCUT2D eigenvalue weighted by Gasteiger charge is 2.46. The lowest BCUT2D eigenvalue weighted by Gasteiger charge is -2.41. The van der Waals surface area contributed by atoms with Crippen LogP contribution in [0.4, 0.5) is 0 Å². The van der Waals surface area contributed by atoms with E-state index in [0.29, 0.717) is 0 Å². The molecular formula is C12H22O10. The third-order valence-electron chi connectivity index (χ3n) is 3.45. The molecule has 0 saturated carbocycles. The van der Waals surface area contributed by atoms with Gasteiger partial charge in [0.05, 0.1) is 12.7 Å². The van der Waals surface area contributed by atoms with Gasteiger partial charge < -0.3 is 50.0 Å². The first-order valence-electron chi connectivity index (χ1n) is 6.70. The smallest absolute Gasteiger partial charge is 0.187 e. The second-order valence-corrected chi connectivity index (χ2v) is 5.16. The third kappa shape index (κ3) is 4.19. The molecule has 0 radical (unpaired) electrons. The van der Waals surface area contributed by atoms with Crippen LogP contribution in [-0.4, -0.2) is 104 Å². The standard InChI is InChI=1S/C12H22O10/c1-4(15)7(17)11(5(16)2-13)22-12-10(20)9(19)8(18)6(3-14)21-12/h2,4-12,14-20H,3H2,1H3/t4-,5-,6+,7-,8-,9-,10+,11-,12?/m0/s1. The summed E-state index contributed by atoms with van der Waals surface area (Å²) in [6, 6.07) is 0. The van der Waals surface area contributed by atoms with Crippen LogP contribution in [0.15, 0.2) is 0 Å². The quantitative estimate of drug-likeness (QED) is 0.225. The lowest BCUT2D eigenvalue weighted by atomic mass is 9.98. The molecule has 1 heterocycles. The van der Waals surface area contributed by atoms with Crippen molar-refractivity contribution in [1.82, 2.24) is 0 Å². The van der Waals surface area contributed by atoms with Gasteiger partial charge in [-0.2, -0.15) is 0 Å². The van der Waals surface area contributed by atoms with Crippen molar-refractivity contribution >= 4 is 6.29 Å². The Balaban J connectivity index is 2.89. The Morgan fingerprint density at radius 2 is 1.73 bits per heavy atom. The first-order chi connectivity index (χ1) is 10.2. The predicted molar refractivity (Wildman–Crippen MR) is 68.4 cm³/mol. The van der Waals surface area contributed by atoms with Crippen LogP contribution in [0.5, 0.6) is 0 Å². The number of hydrogen-bond acceptors (Lipinski definition) is 10. The van der Waals surface area contributed by atoms with Crippen LogP contribution in [0.2, 0.25) is 0 Å².